The molecule has 1 fully saturated rings. The molecule has 1 aliphatic heterocycles. The first-order valence-electron chi connectivity index (χ1n) is 6.31. The van der Waals surface area contributed by atoms with Crippen molar-refractivity contribution in [3.8, 4) is 0 Å². The Hall–Kier alpha value is -0.380. The Bertz CT molecular complexity index is 369. The summed E-state index contributed by atoms with van der Waals surface area (Å²) in [7, 11) is 0. The zero-order chi connectivity index (χ0) is 12.3. The van der Waals surface area contributed by atoms with Gasteiger partial charge in [0.1, 0.15) is 0 Å². The molecule has 1 saturated heterocycles. The van der Waals surface area contributed by atoms with Gasteiger partial charge in [-0.25, -0.2) is 0 Å². The Labute approximate surface area is 112 Å². The van der Waals surface area contributed by atoms with E-state index in [1.165, 1.54) is 19.5 Å². The van der Waals surface area contributed by atoms with Gasteiger partial charge in [0.05, 0.1) is 6.10 Å². The van der Waals surface area contributed by atoms with E-state index >= 15 is 0 Å². The standard InChI is InChI=1S/C14H20BrNO/c1-11-6-8-16(10-11)9-7-14(17)12-4-2-3-5-13(12)15/h2-5,11,14,17H,6-10H2,1H3. The van der Waals surface area contributed by atoms with Gasteiger partial charge in [-0.3, -0.25) is 0 Å². The molecule has 1 aromatic rings. The van der Waals surface area contributed by atoms with Gasteiger partial charge in [0.2, 0.25) is 0 Å². The van der Waals surface area contributed by atoms with Crippen LogP contribution in [0.3, 0.4) is 0 Å². The third-order valence-corrected chi connectivity index (χ3v) is 4.21. The maximum atomic E-state index is 10.2. The molecule has 0 radical (unpaired) electrons. The van der Waals surface area contributed by atoms with Gasteiger partial charge in [-0.2, -0.15) is 0 Å². The zero-order valence-electron chi connectivity index (χ0n) is 10.3. The molecule has 94 valence electrons. The number of benzene rings is 1. The number of hydrogen-bond acceptors (Lipinski definition) is 2. The molecule has 0 bridgehead atoms. The summed E-state index contributed by atoms with van der Waals surface area (Å²) in [6.45, 7) is 5.66. The van der Waals surface area contributed by atoms with E-state index in [0.29, 0.717) is 0 Å². The number of rotatable bonds is 4. The maximum Gasteiger partial charge on any atom is 0.0813 e. The van der Waals surface area contributed by atoms with Crippen LogP contribution in [-0.2, 0) is 0 Å². The van der Waals surface area contributed by atoms with E-state index in [0.717, 1.165) is 28.9 Å². The molecule has 0 aliphatic carbocycles. The fourth-order valence-electron chi connectivity index (χ4n) is 2.44. The van der Waals surface area contributed by atoms with E-state index in [-0.39, 0.29) is 6.10 Å². The monoisotopic (exact) mass is 297 g/mol. The van der Waals surface area contributed by atoms with Gasteiger partial charge in [-0.1, -0.05) is 41.1 Å². The van der Waals surface area contributed by atoms with E-state index in [1.54, 1.807) is 0 Å². The molecule has 17 heavy (non-hydrogen) atoms. The first-order valence-corrected chi connectivity index (χ1v) is 7.11. The molecule has 0 amide bonds. The Kier molecular flexibility index (Phi) is 4.60. The summed E-state index contributed by atoms with van der Waals surface area (Å²) >= 11 is 3.49. The molecule has 1 heterocycles. The van der Waals surface area contributed by atoms with Gasteiger partial charge in [-0.05, 0) is 36.9 Å². The van der Waals surface area contributed by atoms with Crippen molar-refractivity contribution in [3.63, 3.8) is 0 Å². The SMILES string of the molecule is CC1CCN(CCC(O)c2ccccc2Br)C1. The fraction of sp³-hybridized carbons (Fsp3) is 0.571. The highest BCUT2D eigenvalue weighted by Crippen LogP contribution is 2.26. The first kappa shape index (κ1) is 13.1. The van der Waals surface area contributed by atoms with Gasteiger partial charge in [0.25, 0.3) is 0 Å². The molecular weight excluding hydrogens is 278 g/mol. The van der Waals surface area contributed by atoms with Crippen LogP contribution in [0.25, 0.3) is 0 Å². The number of halogens is 1. The highest BCUT2D eigenvalue weighted by molar-refractivity contribution is 9.10. The van der Waals surface area contributed by atoms with Crippen LogP contribution in [0.5, 0.6) is 0 Å². The molecule has 2 unspecified atom stereocenters. The van der Waals surface area contributed by atoms with Crippen molar-refractivity contribution in [3.05, 3.63) is 34.3 Å². The molecule has 0 aromatic heterocycles. The van der Waals surface area contributed by atoms with Gasteiger partial charge in [0, 0.05) is 17.6 Å². The Morgan fingerprint density at radius 3 is 2.88 bits per heavy atom. The van der Waals surface area contributed by atoms with Gasteiger partial charge < -0.3 is 10.0 Å². The Morgan fingerprint density at radius 1 is 1.47 bits per heavy atom. The minimum atomic E-state index is -0.360. The summed E-state index contributed by atoms with van der Waals surface area (Å²) in [5.41, 5.74) is 1.000. The van der Waals surface area contributed by atoms with E-state index in [9.17, 15) is 5.11 Å². The third-order valence-electron chi connectivity index (χ3n) is 3.49. The van der Waals surface area contributed by atoms with Crippen molar-refractivity contribution in [2.45, 2.75) is 25.9 Å². The number of hydrogen-bond donors (Lipinski definition) is 1. The van der Waals surface area contributed by atoms with Crippen LogP contribution in [0, 0.1) is 5.92 Å². The number of likely N-dealkylation sites (tertiary alicyclic amines) is 1. The molecule has 1 aromatic carbocycles. The van der Waals surface area contributed by atoms with Crippen LogP contribution in [0.15, 0.2) is 28.7 Å². The summed E-state index contributed by atoms with van der Waals surface area (Å²) in [6.07, 6.45) is 1.75. The molecule has 2 rings (SSSR count). The second-order valence-corrected chi connectivity index (χ2v) is 5.87. The minimum Gasteiger partial charge on any atom is -0.388 e. The second kappa shape index (κ2) is 5.98. The Balaban J connectivity index is 1.85. The van der Waals surface area contributed by atoms with Crippen molar-refractivity contribution in [2.75, 3.05) is 19.6 Å². The molecule has 1 aliphatic rings. The average molecular weight is 298 g/mol. The molecule has 0 spiro atoms. The maximum absolute atomic E-state index is 10.2. The normalized spacial score (nSPS) is 22.9. The predicted molar refractivity (Wildman–Crippen MR) is 73.9 cm³/mol. The quantitative estimate of drug-likeness (QED) is 0.922. The third kappa shape index (κ3) is 3.54. The average Bonchev–Trinajstić information content (AvgIpc) is 2.73. The summed E-state index contributed by atoms with van der Waals surface area (Å²) < 4.78 is 1.00. The van der Waals surface area contributed by atoms with E-state index in [4.69, 9.17) is 0 Å². The zero-order valence-corrected chi connectivity index (χ0v) is 11.9. The summed E-state index contributed by atoms with van der Waals surface area (Å²) in [5, 5.41) is 10.2. The molecular formula is C14H20BrNO. The largest absolute Gasteiger partial charge is 0.388 e. The van der Waals surface area contributed by atoms with E-state index < -0.39 is 0 Å². The number of nitrogens with zero attached hydrogens (tertiary/aromatic N) is 1. The van der Waals surface area contributed by atoms with Crippen molar-refractivity contribution in [2.24, 2.45) is 5.92 Å². The lowest BCUT2D eigenvalue weighted by molar-refractivity contribution is 0.147. The van der Waals surface area contributed by atoms with Crippen LogP contribution in [0.2, 0.25) is 0 Å². The van der Waals surface area contributed by atoms with E-state index in [1.807, 2.05) is 24.3 Å². The molecule has 2 nitrogen and oxygen atoms in total. The van der Waals surface area contributed by atoms with Crippen molar-refractivity contribution in [1.29, 1.82) is 0 Å². The molecule has 3 heteroatoms. The summed E-state index contributed by atoms with van der Waals surface area (Å²) in [5.74, 6) is 0.815. The molecule has 0 saturated carbocycles. The highest BCUT2D eigenvalue weighted by atomic mass is 79.9. The lowest BCUT2D eigenvalue weighted by atomic mass is 10.1. The molecule has 1 N–H and O–H groups in total. The van der Waals surface area contributed by atoms with Crippen LogP contribution < -0.4 is 0 Å². The first-order chi connectivity index (χ1) is 8.16. The highest BCUT2D eigenvalue weighted by Gasteiger charge is 2.19. The smallest absolute Gasteiger partial charge is 0.0813 e. The van der Waals surface area contributed by atoms with Crippen LogP contribution in [0.4, 0.5) is 0 Å². The van der Waals surface area contributed by atoms with Gasteiger partial charge >= 0.3 is 0 Å². The number of aliphatic hydroxyl groups excluding tert-OH is 1. The van der Waals surface area contributed by atoms with Crippen molar-refractivity contribution >= 4 is 15.9 Å². The summed E-state index contributed by atoms with van der Waals surface area (Å²) in [6, 6.07) is 7.92. The Morgan fingerprint density at radius 2 is 2.24 bits per heavy atom. The summed E-state index contributed by atoms with van der Waals surface area (Å²) in [4.78, 5) is 2.45. The van der Waals surface area contributed by atoms with Crippen LogP contribution in [-0.4, -0.2) is 29.6 Å². The predicted octanol–water partition coefficient (Wildman–Crippen LogP) is 3.21. The van der Waals surface area contributed by atoms with Gasteiger partial charge in [-0.15, -0.1) is 0 Å². The van der Waals surface area contributed by atoms with Crippen LogP contribution >= 0.6 is 15.9 Å². The van der Waals surface area contributed by atoms with Gasteiger partial charge in [0.15, 0.2) is 0 Å². The van der Waals surface area contributed by atoms with E-state index in [2.05, 4.69) is 27.8 Å². The fourth-order valence-corrected chi connectivity index (χ4v) is 2.98. The molecule has 2 atom stereocenters. The second-order valence-electron chi connectivity index (χ2n) is 5.02. The van der Waals surface area contributed by atoms with Crippen molar-refractivity contribution < 1.29 is 5.11 Å². The lowest BCUT2D eigenvalue weighted by Crippen LogP contribution is -2.23. The minimum absolute atomic E-state index is 0.360. The lowest BCUT2D eigenvalue weighted by Gasteiger charge is -2.18. The van der Waals surface area contributed by atoms with Crippen molar-refractivity contribution in [1.82, 2.24) is 4.90 Å². The topological polar surface area (TPSA) is 23.5 Å². The number of aliphatic hydroxyl groups is 1. The van der Waals surface area contributed by atoms with Crippen LogP contribution in [0.1, 0.15) is 31.4 Å².